The fraction of sp³-hybridized carbons (Fsp3) is 0.529. The molecule has 0 aliphatic carbocycles. The second kappa shape index (κ2) is 7.86. The normalized spacial score (nSPS) is 19.8. The van der Waals surface area contributed by atoms with E-state index in [1.54, 1.807) is 11.0 Å². The molecular formula is C17H24ClN5O4S. The number of aromatic amines is 2. The smallest absolute Gasteiger partial charge is 0.323 e. The van der Waals surface area contributed by atoms with Crippen LogP contribution in [0.5, 0.6) is 0 Å². The van der Waals surface area contributed by atoms with Crippen LogP contribution in [0.4, 0.5) is 0 Å². The summed E-state index contributed by atoms with van der Waals surface area (Å²) in [6.45, 7) is 5.01. The highest BCUT2D eigenvalue weighted by Crippen LogP contribution is 2.23. The lowest BCUT2D eigenvalue weighted by Crippen LogP contribution is -2.55. The van der Waals surface area contributed by atoms with Gasteiger partial charge in [-0.25, -0.2) is 13.2 Å². The first-order valence-corrected chi connectivity index (χ1v) is 10.5. The lowest BCUT2D eigenvalue weighted by Gasteiger charge is -2.38. The molecule has 4 rings (SSSR count). The molecule has 1 atom stereocenters. The number of benzene rings is 1. The summed E-state index contributed by atoms with van der Waals surface area (Å²) in [6.07, 6.45) is 0. The van der Waals surface area contributed by atoms with Gasteiger partial charge in [0.25, 0.3) is 0 Å². The number of rotatable bonds is 4. The van der Waals surface area contributed by atoms with Crippen LogP contribution in [-0.4, -0.2) is 72.8 Å². The van der Waals surface area contributed by atoms with Crippen LogP contribution >= 0.6 is 12.4 Å². The van der Waals surface area contributed by atoms with E-state index in [-0.39, 0.29) is 47.9 Å². The number of aromatic nitrogens is 2. The fourth-order valence-electron chi connectivity index (χ4n) is 3.62. The summed E-state index contributed by atoms with van der Waals surface area (Å²) in [5.41, 5.74) is 0.647. The van der Waals surface area contributed by atoms with Gasteiger partial charge >= 0.3 is 5.69 Å². The fourth-order valence-corrected chi connectivity index (χ4v) is 5.07. The maximum atomic E-state index is 12.9. The number of imidazole rings is 1. The molecule has 2 aliphatic rings. The Kier molecular flexibility index (Phi) is 5.85. The largest absolute Gasteiger partial charge is 0.340 e. The first-order valence-electron chi connectivity index (χ1n) is 9.08. The predicted octanol–water partition coefficient (Wildman–Crippen LogP) is -0.0336. The van der Waals surface area contributed by atoms with Crippen molar-refractivity contribution in [3.8, 4) is 0 Å². The van der Waals surface area contributed by atoms with Crippen molar-refractivity contribution in [2.45, 2.75) is 11.8 Å². The van der Waals surface area contributed by atoms with Crippen LogP contribution in [0.3, 0.4) is 0 Å². The van der Waals surface area contributed by atoms with E-state index < -0.39 is 10.0 Å². The van der Waals surface area contributed by atoms with Gasteiger partial charge in [-0.15, -0.1) is 12.4 Å². The molecule has 1 aromatic heterocycles. The molecule has 0 spiro atoms. The van der Waals surface area contributed by atoms with E-state index in [4.69, 9.17) is 0 Å². The number of sulfonamides is 1. The number of hydrogen-bond donors (Lipinski definition) is 3. The van der Waals surface area contributed by atoms with E-state index in [1.165, 1.54) is 16.4 Å². The lowest BCUT2D eigenvalue weighted by molar-refractivity contribution is -0.138. The average molecular weight is 430 g/mol. The lowest BCUT2D eigenvalue weighted by atomic mass is 9.88. The Morgan fingerprint density at radius 3 is 2.36 bits per heavy atom. The number of hydrogen-bond acceptors (Lipinski definition) is 5. The van der Waals surface area contributed by atoms with Gasteiger partial charge in [0.2, 0.25) is 15.9 Å². The third-order valence-corrected chi connectivity index (χ3v) is 7.48. The third kappa shape index (κ3) is 3.69. The second-order valence-corrected chi connectivity index (χ2v) is 9.16. The van der Waals surface area contributed by atoms with E-state index in [0.29, 0.717) is 30.0 Å². The Labute approximate surface area is 168 Å². The van der Waals surface area contributed by atoms with Crippen LogP contribution in [0.25, 0.3) is 11.0 Å². The van der Waals surface area contributed by atoms with Crippen LogP contribution in [-0.2, 0) is 14.8 Å². The van der Waals surface area contributed by atoms with Gasteiger partial charge in [-0.2, -0.15) is 4.31 Å². The first-order chi connectivity index (χ1) is 12.9. The Morgan fingerprint density at radius 1 is 1.11 bits per heavy atom. The zero-order valence-corrected chi connectivity index (χ0v) is 17.1. The molecule has 2 saturated heterocycles. The van der Waals surface area contributed by atoms with Crippen molar-refractivity contribution >= 4 is 39.4 Å². The van der Waals surface area contributed by atoms with Crippen LogP contribution in [0.2, 0.25) is 0 Å². The molecule has 0 bridgehead atoms. The summed E-state index contributed by atoms with van der Waals surface area (Å²) in [4.78, 5) is 31.0. The Balaban J connectivity index is 0.00000225. The van der Waals surface area contributed by atoms with Gasteiger partial charge in [-0.1, -0.05) is 6.92 Å². The second-order valence-electron chi connectivity index (χ2n) is 7.22. The molecule has 28 heavy (non-hydrogen) atoms. The average Bonchev–Trinajstić information content (AvgIpc) is 2.98. The van der Waals surface area contributed by atoms with Crippen molar-refractivity contribution in [2.75, 3.05) is 39.3 Å². The molecule has 0 saturated carbocycles. The maximum absolute atomic E-state index is 12.9. The Bertz CT molecular complexity index is 1020. The minimum Gasteiger partial charge on any atom is -0.340 e. The van der Waals surface area contributed by atoms with Crippen LogP contribution in [0.1, 0.15) is 6.92 Å². The van der Waals surface area contributed by atoms with Gasteiger partial charge in [0.1, 0.15) is 0 Å². The van der Waals surface area contributed by atoms with Crippen LogP contribution in [0, 0.1) is 11.8 Å². The number of nitrogens with one attached hydrogen (secondary N) is 3. The van der Waals surface area contributed by atoms with E-state index in [0.717, 1.165) is 13.1 Å². The highest BCUT2D eigenvalue weighted by Gasteiger charge is 2.35. The minimum absolute atomic E-state index is 0. The molecule has 2 aliphatic heterocycles. The number of halogens is 1. The molecule has 9 nitrogen and oxygen atoms in total. The van der Waals surface area contributed by atoms with E-state index in [1.807, 2.05) is 6.92 Å². The van der Waals surface area contributed by atoms with Gasteiger partial charge in [0.05, 0.1) is 15.9 Å². The molecule has 1 unspecified atom stereocenters. The highest BCUT2D eigenvalue weighted by atomic mass is 35.5. The topological polar surface area (TPSA) is 118 Å². The minimum atomic E-state index is -3.67. The van der Waals surface area contributed by atoms with Crippen molar-refractivity contribution in [1.82, 2.24) is 24.5 Å². The van der Waals surface area contributed by atoms with Crippen LogP contribution < -0.4 is 11.0 Å². The molecule has 0 radical (unpaired) electrons. The van der Waals surface area contributed by atoms with E-state index >= 15 is 0 Å². The summed E-state index contributed by atoms with van der Waals surface area (Å²) in [7, 11) is -3.67. The molecule has 3 N–H and O–H groups in total. The van der Waals surface area contributed by atoms with E-state index in [2.05, 4.69) is 15.3 Å². The van der Waals surface area contributed by atoms with Crippen LogP contribution in [0.15, 0.2) is 27.9 Å². The Morgan fingerprint density at radius 2 is 1.75 bits per heavy atom. The molecule has 2 fully saturated rings. The number of nitrogens with zero attached hydrogens (tertiary/aromatic N) is 2. The summed E-state index contributed by atoms with van der Waals surface area (Å²) in [5, 5.41) is 3.18. The van der Waals surface area contributed by atoms with Crippen molar-refractivity contribution < 1.29 is 13.2 Å². The van der Waals surface area contributed by atoms with Crippen molar-refractivity contribution in [3.63, 3.8) is 0 Å². The highest BCUT2D eigenvalue weighted by molar-refractivity contribution is 7.89. The summed E-state index contributed by atoms with van der Waals surface area (Å²) < 4.78 is 27.2. The SMILES string of the molecule is CC(C(=O)N1CCN(S(=O)(=O)c2ccc3[nH]c(=O)[nH]c3c2)CC1)C1CNC1.Cl. The van der Waals surface area contributed by atoms with Gasteiger partial charge in [-0.3, -0.25) is 4.79 Å². The summed E-state index contributed by atoms with van der Waals surface area (Å²) in [6, 6.07) is 4.53. The molecule has 1 amide bonds. The number of carbonyl (C=O) groups is 1. The summed E-state index contributed by atoms with van der Waals surface area (Å²) >= 11 is 0. The van der Waals surface area contributed by atoms with Gasteiger partial charge in [0.15, 0.2) is 0 Å². The number of piperazine rings is 1. The third-order valence-electron chi connectivity index (χ3n) is 5.59. The van der Waals surface area contributed by atoms with Gasteiger partial charge < -0.3 is 20.2 Å². The summed E-state index contributed by atoms with van der Waals surface area (Å²) in [5.74, 6) is 0.432. The van der Waals surface area contributed by atoms with Gasteiger partial charge in [-0.05, 0) is 37.2 Å². The Hall–Kier alpha value is -1.88. The number of H-pyrrole nitrogens is 2. The quantitative estimate of drug-likeness (QED) is 0.630. The van der Waals surface area contributed by atoms with Crippen molar-refractivity contribution in [3.05, 3.63) is 28.7 Å². The number of carbonyl (C=O) groups excluding carboxylic acids is 1. The van der Waals surface area contributed by atoms with Crippen molar-refractivity contribution in [1.29, 1.82) is 0 Å². The molecule has 2 aromatic rings. The number of amides is 1. The van der Waals surface area contributed by atoms with Gasteiger partial charge in [0, 0.05) is 32.1 Å². The molecule has 11 heteroatoms. The monoisotopic (exact) mass is 429 g/mol. The molecule has 1 aromatic carbocycles. The van der Waals surface area contributed by atoms with E-state index in [9.17, 15) is 18.0 Å². The zero-order chi connectivity index (χ0) is 19.2. The number of fused-ring (bicyclic) bond motifs is 1. The van der Waals surface area contributed by atoms with Crippen molar-refractivity contribution in [2.24, 2.45) is 11.8 Å². The maximum Gasteiger partial charge on any atom is 0.323 e. The molecular weight excluding hydrogens is 406 g/mol. The first kappa shape index (κ1) is 20.8. The predicted molar refractivity (Wildman–Crippen MR) is 107 cm³/mol. The standard InChI is InChI=1S/C17H23N5O4S.ClH/c1-11(12-9-18-10-12)16(23)21-4-6-22(7-5-21)27(25,26)13-2-3-14-15(8-13)20-17(24)19-14;/h2-3,8,11-12,18H,4-7,9-10H2,1H3,(H2,19,20,24);1H. The molecule has 154 valence electrons. The molecule has 3 heterocycles. The zero-order valence-electron chi connectivity index (χ0n) is 15.5.